The number of ether oxygens (including phenoxy) is 1. The van der Waals surface area contributed by atoms with Crippen LogP contribution in [0.2, 0.25) is 0 Å². The first-order valence-corrected chi connectivity index (χ1v) is 6.62. The summed E-state index contributed by atoms with van der Waals surface area (Å²) in [6, 6.07) is 8.41. The number of aryl methyl sites for hydroxylation is 1. The van der Waals surface area contributed by atoms with Crippen molar-refractivity contribution >= 4 is 11.6 Å². The summed E-state index contributed by atoms with van der Waals surface area (Å²) in [6.45, 7) is 0.634. The highest BCUT2D eigenvalue weighted by atomic mass is 16.5. The Hall–Kier alpha value is -2.30. The molecule has 0 bridgehead atoms. The zero-order valence-corrected chi connectivity index (χ0v) is 11.9. The van der Waals surface area contributed by atoms with E-state index in [2.05, 4.69) is 53.2 Å². The lowest BCUT2D eigenvalue weighted by molar-refractivity contribution is 0.308. The van der Waals surface area contributed by atoms with Crippen LogP contribution in [0.5, 0.6) is 5.75 Å². The molecule has 106 valence electrons. The molecular formula is C15H20N4O. The van der Waals surface area contributed by atoms with Gasteiger partial charge in [0.2, 0.25) is 5.95 Å². The number of aromatic nitrogens is 2. The molecule has 0 atom stereocenters. The average Bonchev–Trinajstić information content (AvgIpc) is 2.46. The number of benzene rings is 1. The molecule has 0 aliphatic rings. The van der Waals surface area contributed by atoms with Crippen molar-refractivity contribution in [1.29, 1.82) is 0 Å². The maximum atomic E-state index is 5.59. The van der Waals surface area contributed by atoms with Crippen molar-refractivity contribution in [2.75, 3.05) is 31.3 Å². The Kier molecular flexibility index (Phi) is 4.76. The van der Waals surface area contributed by atoms with Crippen LogP contribution >= 0.6 is 0 Å². The Balaban J connectivity index is 1.83. The van der Waals surface area contributed by atoms with Crippen LogP contribution in [0.3, 0.4) is 0 Å². The predicted octanol–water partition coefficient (Wildman–Crippen LogP) is 2.14. The number of hydrogen-bond donors (Lipinski definition) is 1. The number of para-hydroxylation sites is 1. The standard InChI is InChI=1S/C15H20N4O/c1-19(2)14-8-4-3-6-12(14)7-5-9-20-13-10-17-15(16)18-11-13/h3-4,6,8,10-11H,5,7,9H2,1-2H3,(H2,16,17,18). The minimum absolute atomic E-state index is 0.261. The molecule has 1 aromatic carbocycles. The minimum atomic E-state index is 0.261. The van der Waals surface area contributed by atoms with E-state index < -0.39 is 0 Å². The van der Waals surface area contributed by atoms with Gasteiger partial charge in [0.15, 0.2) is 5.75 Å². The van der Waals surface area contributed by atoms with Gasteiger partial charge in [0.25, 0.3) is 0 Å². The van der Waals surface area contributed by atoms with E-state index in [4.69, 9.17) is 10.5 Å². The van der Waals surface area contributed by atoms with Crippen LogP contribution in [-0.4, -0.2) is 30.7 Å². The summed E-state index contributed by atoms with van der Waals surface area (Å²) < 4.78 is 5.59. The van der Waals surface area contributed by atoms with Crippen LogP contribution < -0.4 is 15.4 Å². The van der Waals surface area contributed by atoms with Gasteiger partial charge in [-0.15, -0.1) is 0 Å². The fourth-order valence-corrected chi connectivity index (χ4v) is 2.01. The summed E-state index contributed by atoms with van der Waals surface area (Å²) >= 11 is 0. The normalized spacial score (nSPS) is 10.3. The van der Waals surface area contributed by atoms with Crippen molar-refractivity contribution in [1.82, 2.24) is 9.97 Å². The highest BCUT2D eigenvalue weighted by Gasteiger charge is 2.03. The van der Waals surface area contributed by atoms with E-state index in [0.29, 0.717) is 12.4 Å². The molecule has 5 nitrogen and oxygen atoms in total. The second-order valence-electron chi connectivity index (χ2n) is 4.75. The van der Waals surface area contributed by atoms with Gasteiger partial charge in [0.05, 0.1) is 19.0 Å². The first-order valence-electron chi connectivity index (χ1n) is 6.62. The molecule has 0 aliphatic heterocycles. The van der Waals surface area contributed by atoms with Crippen LogP contribution in [0.4, 0.5) is 11.6 Å². The maximum absolute atomic E-state index is 5.59. The van der Waals surface area contributed by atoms with E-state index >= 15 is 0 Å². The molecule has 1 heterocycles. The molecular weight excluding hydrogens is 252 g/mol. The predicted molar refractivity (Wildman–Crippen MR) is 81.0 cm³/mol. The average molecular weight is 272 g/mol. The van der Waals surface area contributed by atoms with Crippen molar-refractivity contribution in [3.05, 3.63) is 42.2 Å². The fraction of sp³-hybridized carbons (Fsp3) is 0.333. The van der Waals surface area contributed by atoms with E-state index in [1.807, 2.05) is 0 Å². The highest BCUT2D eigenvalue weighted by Crippen LogP contribution is 2.19. The number of nitrogen functional groups attached to an aromatic ring is 1. The molecule has 0 radical (unpaired) electrons. The molecule has 5 heteroatoms. The van der Waals surface area contributed by atoms with E-state index in [9.17, 15) is 0 Å². The number of hydrogen-bond acceptors (Lipinski definition) is 5. The van der Waals surface area contributed by atoms with Crippen molar-refractivity contribution in [2.24, 2.45) is 0 Å². The Morgan fingerprint density at radius 1 is 1.15 bits per heavy atom. The SMILES string of the molecule is CN(C)c1ccccc1CCCOc1cnc(N)nc1. The van der Waals surface area contributed by atoms with Gasteiger partial charge < -0.3 is 15.4 Å². The van der Waals surface area contributed by atoms with E-state index in [1.54, 1.807) is 12.4 Å². The molecule has 0 fully saturated rings. The van der Waals surface area contributed by atoms with Crippen LogP contribution in [0, 0.1) is 0 Å². The maximum Gasteiger partial charge on any atom is 0.220 e. The van der Waals surface area contributed by atoms with Crippen LogP contribution in [0.15, 0.2) is 36.7 Å². The van der Waals surface area contributed by atoms with E-state index in [-0.39, 0.29) is 5.95 Å². The number of rotatable bonds is 6. The van der Waals surface area contributed by atoms with Gasteiger partial charge >= 0.3 is 0 Å². The smallest absolute Gasteiger partial charge is 0.220 e. The Labute approximate surface area is 119 Å². The third kappa shape index (κ3) is 3.85. The molecule has 0 saturated carbocycles. The van der Waals surface area contributed by atoms with Crippen LogP contribution in [0.1, 0.15) is 12.0 Å². The third-order valence-corrected chi connectivity index (χ3v) is 2.98. The summed E-state index contributed by atoms with van der Waals surface area (Å²) in [5.41, 5.74) is 8.00. The highest BCUT2D eigenvalue weighted by molar-refractivity contribution is 5.52. The molecule has 1 aromatic heterocycles. The molecule has 0 amide bonds. The van der Waals surface area contributed by atoms with Gasteiger partial charge in [-0.05, 0) is 24.5 Å². The first kappa shape index (κ1) is 14.1. The summed E-state index contributed by atoms with van der Waals surface area (Å²) in [5, 5.41) is 0. The van der Waals surface area contributed by atoms with Gasteiger partial charge in [-0.1, -0.05) is 18.2 Å². The molecule has 0 saturated heterocycles. The first-order chi connectivity index (χ1) is 9.66. The Bertz CT molecular complexity index is 540. The van der Waals surface area contributed by atoms with Gasteiger partial charge in [0.1, 0.15) is 0 Å². The summed E-state index contributed by atoms with van der Waals surface area (Å²) in [4.78, 5) is 9.91. The van der Waals surface area contributed by atoms with Gasteiger partial charge in [-0.3, -0.25) is 0 Å². The topological polar surface area (TPSA) is 64.3 Å². The fourth-order valence-electron chi connectivity index (χ4n) is 2.01. The molecule has 0 aliphatic carbocycles. The van der Waals surface area contributed by atoms with Gasteiger partial charge in [-0.2, -0.15) is 0 Å². The minimum Gasteiger partial charge on any atom is -0.490 e. The monoisotopic (exact) mass is 272 g/mol. The summed E-state index contributed by atoms with van der Waals surface area (Å²) in [7, 11) is 4.11. The molecule has 0 unspecified atom stereocenters. The van der Waals surface area contributed by atoms with E-state index in [1.165, 1.54) is 11.3 Å². The van der Waals surface area contributed by atoms with Crippen molar-refractivity contribution in [3.63, 3.8) is 0 Å². The number of anilines is 2. The molecule has 2 aromatic rings. The molecule has 0 spiro atoms. The molecule has 2 rings (SSSR count). The summed E-state index contributed by atoms with van der Waals surface area (Å²) in [5.74, 6) is 0.914. The number of nitrogens with zero attached hydrogens (tertiary/aromatic N) is 3. The second-order valence-corrected chi connectivity index (χ2v) is 4.75. The molecule has 20 heavy (non-hydrogen) atoms. The molecule has 2 N–H and O–H groups in total. The lowest BCUT2D eigenvalue weighted by Crippen LogP contribution is -2.11. The lowest BCUT2D eigenvalue weighted by atomic mass is 10.1. The largest absolute Gasteiger partial charge is 0.490 e. The third-order valence-electron chi connectivity index (χ3n) is 2.98. The van der Waals surface area contributed by atoms with Gasteiger partial charge in [-0.25, -0.2) is 9.97 Å². The Morgan fingerprint density at radius 3 is 2.55 bits per heavy atom. The van der Waals surface area contributed by atoms with Gasteiger partial charge in [0, 0.05) is 19.8 Å². The zero-order valence-electron chi connectivity index (χ0n) is 11.9. The van der Waals surface area contributed by atoms with Crippen LogP contribution in [-0.2, 0) is 6.42 Å². The van der Waals surface area contributed by atoms with Crippen molar-refractivity contribution < 1.29 is 4.74 Å². The second kappa shape index (κ2) is 6.75. The van der Waals surface area contributed by atoms with Crippen molar-refractivity contribution in [2.45, 2.75) is 12.8 Å². The lowest BCUT2D eigenvalue weighted by Gasteiger charge is -2.17. The summed E-state index contributed by atoms with van der Waals surface area (Å²) in [6.07, 6.45) is 5.10. The number of nitrogens with two attached hydrogens (primary N) is 1. The van der Waals surface area contributed by atoms with E-state index in [0.717, 1.165) is 12.8 Å². The Morgan fingerprint density at radius 2 is 1.85 bits per heavy atom. The van der Waals surface area contributed by atoms with Crippen molar-refractivity contribution in [3.8, 4) is 5.75 Å². The quantitative estimate of drug-likeness (QED) is 0.816. The zero-order chi connectivity index (χ0) is 14.4. The van der Waals surface area contributed by atoms with Crippen LogP contribution in [0.25, 0.3) is 0 Å².